The van der Waals surface area contributed by atoms with E-state index in [9.17, 15) is 4.79 Å². The van der Waals surface area contributed by atoms with E-state index < -0.39 is 5.97 Å². The van der Waals surface area contributed by atoms with Gasteiger partial charge in [-0.3, -0.25) is 0 Å². The van der Waals surface area contributed by atoms with Crippen LogP contribution in [0, 0.1) is 3.57 Å². The third kappa shape index (κ3) is 2.17. The minimum Gasteiger partial charge on any atom is -0.490 e. The van der Waals surface area contributed by atoms with Crippen LogP contribution < -0.4 is 4.74 Å². The van der Waals surface area contributed by atoms with Crippen LogP contribution in [-0.2, 0) is 0 Å². The number of benzene rings is 1. The minimum atomic E-state index is -0.896. The zero-order chi connectivity index (χ0) is 10.1. The summed E-state index contributed by atoms with van der Waals surface area (Å²) in [6.45, 7) is 0. The summed E-state index contributed by atoms with van der Waals surface area (Å²) in [5.74, 6) is -0.130. The first-order valence-electron chi connectivity index (χ1n) is 4.36. The highest BCUT2D eigenvalue weighted by atomic mass is 127. The molecule has 1 aliphatic rings. The van der Waals surface area contributed by atoms with Crippen LogP contribution in [0.4, 0.5) is 0 Å². The van der Waals surface area contributed by atoms with Gasteiger partial charge in [-0.2, -0.15) is 0 Å². The van der Waals surface area contributed by atoms with Gasteiger partial charge in [-0.15, -0.1) is 0 Å². The molecule has 1 N–H and O–H groups in total. The van der Waals surface area contributed by atoms with Crippen LogP contribution in [0.25, 0.3) is 0 Å². The fraction of sp³-hybridized carbons (Fsp3) is 0.300. The Morgan fingerprint density at radius 3 is 2.71 bits per heavy atom. The van der Waals surface area contributed by atoms with Gasteiger partial charge in [0.15, 0.2) is 0 Å². The number of rotatable bonds is 3. The quantitative estimate of drug-likeness (QED) is 0.873. The molecular weight excluding hydrogens is 295 g/mol. The molecule has 1 aromatic carbocycles. The van der Waals surface area contributed by atoms with Gasteiger partial charge < -0.3 is 9.84 Å². The molecule has 74 valence electrons. The lowest BCUT2D eigenvalue weighted by atomic mass is 10.2. The predicted octanol–water partition coefficient (Wildman–Crippen LogP) is 2.53. The van der Waals surface area contributed by atoms with Gasteiger partial charge in [-0.1, -0.05) is 0 Å². The van der Waals surface area contributed by atoms with Crippen molar-refractivity contribution in [1.29, 1.82) is 0 Å². The second kappa shape index (κ2) is 3.76. The van der Waals surface area contributed by atoms with Crippen molar-refractivity contribution in [2.24, 2.45) is 0 Å². The normalized spacial score (nSPS) is 15.2. The van der Waals surface area contributed by atoms with Crippen molar-refractivity contribution in [2.45, 2.75) is 18.9 Å². The molecule has 1 fully saturated rings. The smallest absolute Gasteiger partial charge is 0.336 e. The Balaban J connectivity index is 2.20. The first-order chi connectivity index (χ1) is 6.66. The number of carboxylic acids is 1. The van der Waals surface area contributed by atoms with Gasteiger partial charge in [0.25, 0.3) is 0 Å². The summed E-state index contributed by atoms with van der Waals surface area (Å²) >= 11 is 2.01. The fourth-order valence-corrected chi connectivity index (χ4v) is 1.84. The number of carbonyl (C=O) groups is 1. The van der Waals surface area contributed by atoms with Gasteiger partial charge in [0.1, 0.15) is 5.75 Å². The Bertz CT molecular complexity index is 372. The SMILES string of the molecule is O=C(O)c1ccc(OC2CC2)cc1I. The van der Waals surface area contributed by atoms with Crippen LogP contribution in [-0.4, -0.2) is 17.2 Å². The highest BCUT2D eigenvalue weighted by molar-refractivity contribution is 14.1. The number of hydrogen-bond acceptors (Lipinski definition) is 2. The second-order valence-corrected chi connectivity index (χ2v) is 4.43. The van der Waals surface area contributed by atoms with Crippen molar-refractivity contribution >= 4 is 28.6 Å². The molecule has 0 saturated heterocycles. The summed E-state index contributed by atoms with van der Waals surface area (Å²) in [6.07, 6.45) is 2.57. The van der Waals surface area contributed by atoms with E-state index in [0.29, 0.717) is 15.2 Å². The molecular formula is C10H9IO3. The van der Waals surface area contributed by atoms with E-state index in [1.807, 2.05) is 22.6 Å². The van der Waals surface area contributed by atoms with Crippen LogP contribution >= 0.6 is 22.6 Å². The Labute approximate surface area is 95.2 Å². The molecule has 0 radical (unpaired) electrons. The van der Waals surface area contributed by atoms with E-state index >= 15 is 0 Å². The average molecular weight is 304 g/mol. The first kappa shape index (κ1) is 9.76. The van der Waals surface area contributed by atoms with Crippen molar-refractivity contribution < 1.29 is 14.6 Å². The topological polar surface area (TPSA) is 46.5 Å². The summed E-state index contributed by atoms with van der Waals surface area (Å²) in [5, 5.41) is 8.81. The summed E-state index contributed by atoms with van der Waals surface area (Å²) in [6, 6.07) is 5.06. The molecule has 0 unspecified atom stereocenters. The Morgan fingerprint density at radius 2 is 2.21 bits per heavy atom. The lowest BCUT2D eigenvalue weighted by molar-refractivity contribution is 0.0695. The van der Waals surface area contributed by atoms with Crippen LogP contribution in [0.15, 0.2) is 18.2 Å². The molecule has 14 heavy (non-hydrogen) atoms. The van der Waals surface area contributed by atoms with Gasteiger partial charge in [0.05, 0.1) is 11.7 Å². The molecule has 3 nitrogen and oxygen atoms in total. The number of aromatic carboxylic acids is 1. The van der Waals surface area contributed by atoms with Gasteiger partial charge in [0.2, 0.25) is 0 Å². The number of ether oxygens (including phenoxy) is 1. The molecule has 0 amide bonds. The Hall–Kier alpha value is -0.780. The summed E-state index contributed by atoms with van der Waals surface area (Å²) in [7, 11) is 0. The third-order valence-corrected chi connectivity index (χ3v) is 2.89. The van der Waals surface area contributed by atoms with Crippen LogP contribution in [0.5, 0.6) is 5.75 Å². The summed E-state index contributed by atoms with van der Waals surface area (Å²) in [5.41, 5.74) is 0.328. The van der Waals surface area contributed by atoms with E-state index in [4.69, 9.17) is 9.84 Å². The zero-order valence-electron chi connectivity index (χ0n) is 7.37. The fourth-order valence-electron chi connectivity index (χ4n) is 1.12. The van der Waals surface area contributed by atoms with Crippen LogP contribution in [0.1, 0.15) is 23.2 Å². The maximum absolute atomic E-state index is 10.7. The Kier molecular flexibility index (Phi) is 2.62. The van der Waals surface area contributed by atoms with E-state index in [-0.39, 0.29) is 0 Å². The zero-order valence-corrected chi connectivity index (χ0v) is 9.52. The molecule has 1 aliphatic carbocycles. The standard InChI is InChI=1S/C10H9IO3/c11-9-5-7(14-6-1-2-6)3-4-8(9)10(12)13/h3-6H,1-2H2,(H,12,13). The molecule has 0 atom stereocenters. The lowest BCUT2D eigenvalue weighted by Crippen LogP contribution is -2.01. The molecule has 0 aromatic heterocycles. The van der Waals surface area contributed by atoms with Crippen LogP contribution in [0.3, 0.4) is 0 Å². The van der Waals surface area contributed by atoms with E-state index in [1.54, 1.807) is 18.2 Å². The highest BCUT2D eigenvalue weighted by Crippen LogP contribution is 2.28. The number of halogens is 1. The van der Waals surface area contributed by atoms with E-state index in [0.717, 1.165) is 18.6 Å². The molecule has 0 bridgehead atoms. The maximum Gasteiger partial charge on any atom is 0.336 e. The van der Waals surface area contributed by atoms with Crippen LogP contribution in [0.2, 0.25) is 0 Å². The predicted molar refractivity (Wildman–Crippen MR) is 59.8 cm³/mol. The van der Waals surface area contributed by atoms with Gasteiger partial charge in [-0.25, -0.2) is 4.79 Å². The minimum absolute atomic E-state index is 0.328. The van der Waals surface area contributed by atoms with Crippen molar-refractivity contribution in [3.05, 3.63) is 27.3 Å². The Morgan fingerprint density at radius 1 is 1.50 bits per heavy atom. The van der Waals surface area contributed by atoms with Gasteiger partial charge >= 0.3 is 5.97 Å². The number of hydrogen-bond donors (Lipinski definition) is 1. The van der Waals surface area contributed by atoms with E-state index in [1.165, 1.54) is 0 Å². The summed E-state index contributed by atoms with van der Waals surface area (Å²) < 4.78 is 6.26. The molecule has 2 rings (SSSR count). The second-order valence-electron chi connectivity index (χ2n) is 3.26. The molecule has 0 aliphatic heterocycles. The maximum atomic E-state index is 10.7. The lowest BCUT2D eigenvalue weighted by Gasteiger charge is -2.05. The largest absolute Gasteiger partial charge is 0.490 e. The first-order valence-corrected chi connectivity index (χ1v) is 5.44. The monoisotopic (exact) mass is 304 g/mol. The van der Waals surface area contributed by atoms with E-state index in [2.05, 4.69) is 0 Å². The number of carboxylic acid groups (broad SMARTS) is 1. The third-order valence-electron chi connectivity index (χ3n) is 2.00. The average Bonchev–Trinajstić information content (AvgIpc) is 2.87. The van der Waals surface area contributed by atoms with Crippen molar-refractivity contribution in [3.8, 4) is 5.75 Å². The van der Waals surface area contributed by atoms with Crippen molar-refractivity contribution in [2.75, 3.05) is 0 Å². The highest BCUT2D eigenvalue weighted by Gasteiger charge is 2.23. The molecule has 0 heterocycles. The van der Waals surface area contributed by atoms with Gasteiger partial charge in [0, 0.05) is 3.57 Å². The summed E-state index contributed by atoms with van der Waals surface area (Å²) in [4.78, 5) is 10.7. The molecule has 1 aromatic rings. The molecule has 4 heteroatoms. The molecule has 0 spiro atoms. The van der Waals surface area contributed by atoms with Crippen molar-refractivity contribution in [1.82, 2.24) is 0 Å². The van der Waals surface area contributed by atoms with Gasteiger partial charge in [-0.05, 0) is 53.6 Å². The van der Waals surface area contributed by atoms with Crippen molar-refractivity contribution in [3.63, 3.8) is 0 Å². The molecule has 1 saturated carbocycles.